The molecule has 9 heteroatoms. The van der Waals surface area contributed by atoms with Gasteiger partial charge in [-0.3, -0.25) is 4.79 Å². The van der Waals surface area contributed by atoms with Gasteiger partial charge in [0, 0.05) is 5.39 Å². The third kappa shape index (κ3) is 3.00. The van der Waals surface area contributed by atoms with Gasteiger partial charge >= 0.3 is 13.2 Å². The predicted octanol–water partition coefficient (Wildman–Crippen LogP) is 0.427. The second kappa shape index (κ2) is 5.92. The van der Waals surface area contributed by atoms with Gasteiger partial charge < -0.3 is 19.8 Å². The highest BCUT2D eigenvalue weighted by molar-refractivity contribution is 6.62. The summed E-state index contributed by atoms with van der Waals surface area (Å²) in [6.07, 6.45) is -0.987. The zero-order chi connectivity index (χ0) is 17.5. The SMILES string of the molecule is CC1OB(c2ccc3c(=O)[nH]nc(COC(N)=O)c3c2)OC1(C)C. The van der Waals surface area contributed by atoms with Crippen LogP contribution < -0.4 is 16.8 Å². The number of carbonyl (C=O) groups excluding carboxylic acids is 1. The van der Waals surface area contributed by atoms with Gasteiger partial charge in [-0.25, -0.2) is 9.89 Å². The molecule has 0 radical (unpaired) electrons. The number of H-pyrrole nitrogens is 1. The second-order valence-corrected chi connectivity index (χ2v) is 6.24. The van der Waals surface area contributed by atoms with Crippen LogP contribution in [0.1, 0.15) is 26.5 Å². The van der Waals surface area contributed by atoms with Crippen molar-refractivity contribution in [3.63, 3.8) is 0 Å². The lowest BCUT2D eigenvalue weighted by atomic mass is 9.78. The summed E-state index contributed by atoms with van der Waals surface area (Å²) in [5.74, 6) is 0. The minimum Gasteiger partial charge on any atom is -0.443 e. The van der Waals surface area contributed by atoms with Crippen molar-refractivity contribution in [1.29, 1.82) is 0 Å². The number of nitrogens with one attached hydrogen (secondary N) is 1. The lowest BCUT2D eigenvalue weighted by Gasteiger charge is -2.21. The number of hydrogen-bond acceptors (Lipinski definition) is 6. The van der Waals surface area contributed by atoms with Crippen LogP contribution in [0.25, 0.3) is 10.8 Å². The van der Waals surface area contributed by atoms with Gasteiger partial charge in [0.25, 0.3) is 5.56 Å². The van der Waals surface area contributed by atoms with Crippen molar-refractivity contribution in [1.82, 2.24) is 10.2 Å². The van der Waals surface area contributed by atoms with Gasteiger partial charge in [-0.05, 0) is 32.3 Å². The third-order valence-electron chi connectivity index (χ3n) is 4.23. The Labute approximate surface area is 138 Å². The molecule has 0 aliphatic carbocycles. The van der Waals surface area contributed by atoms with Gasteiger partial charge in [-0.2, -0.15) is 5.10 Å². The maximum absolute atomic E-state index is 11.9. The van der Waals surface area contributed by atoms with Crippen LogP contribution in [0, 0.1) is 0 Å². The van der Waals surface area contributed by atoms with Crippen LogP contribution in [0.3, 0.4) is 0 Å². The van der Waals surface area contributed by atoms with Gasteiger partial charge in [0.15, 0.2) is 0 Å². The number of nitrogens with two attached hydrogens (primary N) is 1. The van der Waals surface area contributed by atoms with Crippen LogP contribution in [0.4, 0.5) is 4.79 Å². The first-order valence-corrected chi connectivity index (χ1v) is 7.54. The van der Waals surface area contributed by atoms with E-state index >= 15 is 0 Å². The molecule has 1 unspecified atom stereocenters. The Kier molecular flexibility index (Phi) is 4.06. The number of carbonyl (C=O) groups is 1. The molecule has 3 rings (SSSR count). The lowest BCUT2D eigenvalue weighted by molar-refractivity contribution is 0.0842. The van der Waals surface area contributed by atoms with Crippen molar-refractivity contribution < 1.29 is 18.8 Å². The largest absolute Gasteiger partial charge is 0.494 e. The predicted molar refractivity (Wildman–Crippen MR) is 87.8 cm³/mol. The van der Waals surface area contributed by atoms with Crippen molar-refractivity contribution in [3.05, 3.63) is 34.2 Å². The van der Waals surface area contributed by atoms with E-state index in [-0.39, 0.29) is 18.3 Å². The Morgan fingerprint density at radius 1 is 1.46 bits per heavy atom. The molecule has 1 atom stereocenters. The van der Waals surface area contributed by atoms with Gasteiger partial charge in [0.1, 0.15) is 12.3 Å². The van der Waals surface area contributed by atoms with Crippen LogP contribution in [0.15, 0.2) is 23.0 Å². The van der Waals surface area contributed by atoms with Gasteiger partial charge in [-0.1, -0.05) is 12.1 Å². The highest BCUT2D eigenvalue weighted by Gasteiger charge is 2.43. The summed E-state index contributed by atoms with van der Waals surface area (Å²) >= 11 is 0. The maximum atomic E-state index is 11.9. The van der Waals surface area contributed by atoms with E-state index < -0.39 is 18.8 Å². The fourth-order valence-corrected chi connectivity index (χ4v) is 2.53. The zero-order valence-electron chi connectivity index (χ0n) is 13.7. The number of rotatable bonds is 3. The van der Waals surface area contributed by atoms with E-state index in [0.29, 0.717) is 16.5 Å². The minimum atomic E-state index is -0.912. The van der Waals surface area contributed by atoms with E-state index in [1.54, 1.807) is 18.2 Å². The van der Waals surface area contributed by atoms with E-state index in [4.69, 9.17) is 19.8 Å². The highest BCUT2D eigenvalue weighted by Crippen LogP contribution is 2.27. The molecule has 1 fully saturated rings. The monoisotopic (exact) mass is 331 g/mol. The van der Waals surface area contributed by atoms with Crippen molar-refractivity contribution in [2.45, 2.75) is 39.1 Å². The van der Waals surface area contributed by atoms with E-state index in [0.717, 1.165) is 5.46 Å². The van der Waals surface area contributed by atoms with Gasteiger partial charge in [0.05, 0.1) is 17.1 Å². The smallest absolute Gasteiger partial charge is 0.443 e. The van der Waals surface area contributed by atoms with Crippen LogP contribution >= 0.6 is 0 Å². The highest BCUT2D eigenvalue weighted by atomic mass is 16.7. The molecule has 1 saturated heterocycles. The molecule has 1 aromatic heterocycles. The summed E-state index contributed by atoms with van der Waals surface area (Å²) in [5, 5.41) is 7.30. The molecule has 24 heavy (non-hydrogen) atoms. The Morgan fingerprint density at radius 3 is 2.83 bits per heavy atom. The lowest BCUT2D eigenvalue weighted by Crippen LogP contribution is -2.35. The van der Waals surface area contributed by atoms with Crippen LogP contribution in [0.2, 0.25) is 0 Å². The molecule has 0 bridgehead atoms. The first kappa shape index (κ1) is 16.5. The summed E-state index contributed by atoms with van der Waals surface area (Å²) in [5.41, 5.74) is 5.40. The van der Waals surface area contributed by atoms with Crippen molar-refractivity contribution in [3.8, 4) is 0 Å². The molecule has 126 valence electrons. The number of nitrogens with zero attached hydrogens (tertiary/aromatic N) is 1. The maximum Gasteiger partial charge on any atom is 0.494 e. The average molecular weight is 331 g/mol. The molecule has 1 aliphatic heterocycles. The molecule has 2 heterocycles. The molecule has 1 aromatic carbocycles. The van der Waals surface area contributed by atoms with E-state index in [9.17, 15) is 9.59 Å². The summed E-state index contributed by atoms with van der Waals surface area (Å²) in [6, 6.07) is 5.20. The summed E-state index contributed by atoms with van der Waals surface area (Å²) < 4.78 is 16.6. The summed E-state index contributed by atoms with van der Waals surface area (Å²) in [4.78, 5) is 22.8. The Bertz CT molecular complexity index is 851. The molecular weight excluding hydrogens is 313 g/mol. The standard InChI is InChI=1S/C15H18BN3O5/c1-8-15(2,3)24-16(23-8)9-4-5-10-11(6-9)12(7-22-14(17)21)18-19-13(10)20/h4-6,8H,7H2,1-3H3,(H2,17,21)(H,19,20). The molecule has 0 spiro atoms. The molecule has 3 N–H and O–H groups in total. The Hall–Kier alpha value is -2.39. The second-order valence-electron chi connectivity index (χ2n) is 6.24. The molecule has 0 saturated carbocycles. The zero-order valence-corrected chi connectivity index (χ0v) is 13.7. The topological polar surface area (TPSA) is 117 Å². The average Bonchev–Trinajstić information content (AvgIpc) is 2.80. The number of amides is 1. The Balaban J connectivity index is 2.01. The van der Waals surface area contributed by atoms with Crippen molar-refractivity contribution in [2.24, 2.45) is 5.73 Å². The normalized spacial score (nSPS) is 19.6. The molecule has 1 amide bonds. The number of primary amides is 1. The number of hydrogen-bond donors (Lipinski definition) is 2. The molecule has 1 aliphatic rings. The fraction of sp³-hybridized carbons (Fsp3) is 0.400. The number of ether oxygens (including phenoxy) is 1. The van der Waals surface area contributed by atoms with Crippen LogP contribution in [-0.4, -0.2) is 35.1 Å². The molecular formula is C15H18BN3O5. The third-order valence-corrected chi connectivity index (χ3v) is 4.23. The molecule has 2 aromatic rings. The van der Waals surface area contributed by atoms with Crippen LogP contribution in [0.5, 0.6) is 0 Å². The summed E-state index contributed by atoms with van der Waals surface area (Å²) in [7, 11) is -0.538. The van der Waals surface area contributed by atoms with Crippen molar-refractivity contribution in [2.75, 3.05) is 0 Å². The van der Waals surface area contributed by atoms with E-state index in [2.05, 4.69) is 10.2 Å². The quantitative estimate of drug-likeness (QED) is 0.788. The summed E-state index contributed by atoms with van der Waals surface area (Å²) in [6.45, 7) is 5.72. The van der Waals surface area contributed by atoms with E-state index in [1.807, 2.05) is 20.8 Å². The van der Waals surface area contributed by atoms with Crippen LogP contribution in [-0.2, 0) is 20.7 Å². The van der Waals surface area contributed by atoms with E-state index in [1.165, 1.54) is 0 Å². The van der Waals surface area contributed by atoms with Crippen molar-refractivity contribution >= 4 is 29.4 Å². The first-order valence-electron chi connectivity index (χ1n) is 7.54. The van der Waals surface area contributed by atoms with Gasteiger partial charge in [-0.15, -0.1) is 0 Å². The number of aromatic nitrogens is 2. The minimum absolute atomic E-state index is 0.0758. The molecule has 8 nitrogen and oxygen atoms in total. The number of benzene rings is 1. The van der Waals surface area contributed by atoms with Gasteiger partial charge in [0.2, 0.25) is 0 Å². The number of aromatic amines is 1. The Morgan fingerprint density at radius 2 is 2.21 bits per heavy atom. The fourth-order valence-electron chi connectivity index (χ4n) is 2.53. The number of fused-ring (bicyclic) bond motifs is 1. The first-order chi connectivity index (χ1) is 11.3.